The summed E-state index contributed by atoms with van der Waals surface area (Å²) in [6.07, 6.45) is 4.96. The largest absolute Gasteiger partial charge is 0.508 e. The van der Waals surface area contributed by atoms with Crippen LogP contribution in [0.1, 0.15) is 25.7 Å². The zero-order valence-electron chi connectivity index (χ0n) is 13.3. The smallest absolute Gasteiger partial charge is 0.198 e. The fourth-order valence-corrected chi connectivity index (χ4v) is 3.13. The Morgan fingerprint density at radius 3 is 2.59 bits per heavy atom. The van der Waals surface area contributed by atoms with E-state index in [1.807, 2.05) is 12.1 Å². The summed E-state index contributed by atoms with van der Waals surface area (Å²) in [4.78, 5) is 9.66. The summed E-state index contributed by atoms with van der Waals surface area (Å²) in [5.41, 5.74) is 0.899. The zero-order chi connectivity index (χ0) is 15.4. The summed E-state index contributed by atoms with van der Waals surface area (Å²) in [6.45, 7) is 4.11. The minimum Gasteiger partial charge on any atom is -0.508 e. The van der Waals surface area contributed by atoms with Crippen LogP contribution in [-0.4, -0.2) is 60.1 Å². The lowest BCUT2D eigenvalue weighted by molar-refractivity contribution is 0.214. The Balaban J connectivity index is 1.76. The Morgan fingerprint density at radius 1 is 1.18 bits per heavy atom. The molecule has 0 spiro atoms. The number of nitrogens with zero attached hydrogens (tertiary/aromatic N) is 3. The molecule has 0 amide bonds. The first-order valence-corrected chi connectivity index (χ1v) is 8.28. The van der Waals surface area contributed by atoms with E-state index >= 15 is 0 Å². The predicted molar refractivity (Wildman–Crippen MR) is 90.5 cm³/mol. The van der Waals surface area contributed by atoms with Gasteiger partial charge in [0, 0.05) is 37.9 Å². The SMILES string of the molecule is CN1CCN(C(=NC2CCCC2)Nc2cccc(O)c2)CC1. The number of anilines is 1. The minimum atomic E-state index is 0.281. The van der Waals surface area contributed by atoms with E-state index < -0.39 is 0 Å². The lowest BCUT2D eigenvalue weighted by atomic mass is 10.2. The van der Waals surface area contributed by atoms with Gasteiger partial charge in [-0.3, -0.25) is 0 Å². The van der Waals surface area contributed by atoms with Crippen molar-refractivity contribution >= 4 is 11.6 Å². The lowest BCUT2D eigenvalue weighted by Gasteiger charge is -2.35. The number of guanidine groups is 1. The van der Waals surface area contributed by atoms with E-state index in [-0.39, 0.29) is 5.75 Å². The van der Waals surface area contributed by atoms with Crippen molar-refractivity contribution in [1.82, 2.24) is 9.80 Å². The van der Waals surface area contributed by atoms with E-state index in [1.54, 1.807) is 12.1 Å². The van der Waals surface area contributed by atoms with Crippen LogP contribution < -0.4 is 5.32 Å². The molecule has 3 rings (SSSR count). The molecule has 2 fully saturated rings. The van der Waals surface area contributed by atoms with E-state index in [1.165, 1.54) is 25.7 Å². The van der Waals surface area contributed by atoms with E-state index in [0.717, 1.165) is 37.8 Å². The number of aliphatic imine (C=N–C) groups is 1. The molecule has 1 aromatic carbocycles. The van der Waals surface area contributed by atoms with E-state index in [2.05, 4.69) is 22.2 Å². The molecule has 22 heavy (non-hydrogen) atoms. The van der Waals surface area contributed by atoms with Crippen LogP contribution in [-0.2, 0) is 0 Å². The van der Waals surface area contributed by atoms with Crippen LogP contribution in [0.3, 0.4) is 0 Å². The van der Waals surface area contributed by atoms with Gasteiger partial charge in [0.15, 0.2) is 5.96 Å². The summed E-state index contributed by atoms with van der Waals surface area (Å²) < 4.78 is 0. The first-order valence-electron chi connectivity index (χ1n) is 8.28. The zero-order valence-corrected chi connectivity index (χ0v) is 13.3. The number of rotatable bonds is 2. The quantitative estimate of drug-likeness (QED) is 0.650. The Hall–Kier alpha value is -1.75. The molecule has 5 nitrogen and oxygen atoms in total. The number of likely N-dealkylation sites (N-methyl/N-ethyl adjacent to an activating group) is 1. The molecule has 1 aliphatic carbocycles. The number of nitrogens with one attached hydrogen (secondary N) is 1. The molecule has 1 saturated heterocycles. The summed E-state index contributed by atoms with van der Waals surface area (Å²) in [7, 11) is 2.16. The van der Waals surface area contributed by atoms with Crippen molar-refractivity contribution in [3.8, 4) is 5.75 Å². The van der Waals surface area contributed by atoms with Crippen LogP contribution in [0, 0.1) is 0 Å². The second-order valence-corrected chi connectivity index (χ2v) is 6.36. The molecule has 2 N–H and O–H groups in total. The molecule has 5 heteroatoms. The van der Waals surface area contributed by atoms with Gasteiger partial charge >= 0.3 is 0 Å². The Labute approximate surface area is 132 Å². The van der Waals surface area contributed by atoms with Crippen molar-refractivity contribution in [1.29, 1.82) is 0 Å². The maximum atomic E-state index is 9.66. The number of piperazine rings is 1. The van der Waals surface area contributed by atoms with Crippen LogP contribution in [0.5, 0.6) is 5.75 Å². The van der Waals surface area contributed by atoms with Gasteiger partial charge in [0.05, 0.1) is 6.04 Å². The Bertz CT molecular complexity index is 517. The third kappa shape index (κ3) is 3.91. The molecular weight excluding hydrogens is 276 g/mol. The second kappa shape index (κ2) is 7.01. The third-order valence-corrected chi connectivity index (χ3v) is 4.53. The highest BCUT2D eigenvalue weighted by atomic mass is 16.3. The fourth-order valence-electron chi connectivity index (χ4n) is 3.13. The molecule has 2 aliphatic rings. The normalized spacial score (nSPS) is 21.3. The molecule has 0 aromatic heterocycles. The van der Waals surface area contributed by atoms with Gasteiger partial charge < -0.3 is 20.2 Å². The number of phenols is 1. The Morgan fingerprint density at radius 2 is 1.91 bits per heavy atom. The predicted octanol–water partition coefficient (Wildman–Crippen LogP) is 2.35. The van der Waals surface area contributed by atoms with E-state index in [0.29, 0.717) is 6.04 Å². The maximum Gasteiger partial charge on any atom is 0.198 e. The summed E-state index contributed by atoms with van der Waals surface area (Å²) in [5.74, 6) is 1.24. The molecule has 0 bridgehead atoms. The minimum absolute atomic E-state index is 0.281. The highest BCUT2D eigenvalue weighted by molar-refractivity contribution is 5.94. The third-order valence-electron chi connectivity index (χ3n) is 4.53. The monoisotopic (exact) mass is 302 g/mol. The molecular formula is C17H26N4O. The van der Waals surface area contributed by atoms with Crippen molar-refractivity contribution in [3.05, 3.63) is 24.3 Å². The number of aromatic hydroxyl groups is 1. The highest BCUT2D eigenvalue weighted by Gasteiger charge is 2.21. The number of hydrogen-bond donors (Lipinski definition) is 2. The topological polar surface area (TPSA) is 51.1 Å². The van der Waals surface area contributed by atoms with Gasteiger partial charge in [0.1, 0.15) is 5.75 Å². The van der Waals surface area contributed by atoms with Gasteiger partial charge in [0.25, 0.3) is 0 Å². The molecule has 1 aliphatic heterocycles. The van der Waals surface area contributed by atoms with E-state index in [9.17, 15) is 5.11 Å². The van der Waals surface area contributed by atoms with Gasteiger partial charge in [-0.05, 0) is 32.0 Å². The van der Waals surface area contributed by atoms with Crippen molar-refractivity contribution in [3.63, 3.8) is 0 Å². The summed E-state index contributed by atoms with van der Waals surface area (Å²) in [6, 6.07) is 7.71. The van der Waals surface area contributed by atoms with Gasteiger partial charge in [-0.2, -0.15) is 0 Å². The second-order valence-electron chi connectivity index (χ2n) is 6.36. The van der Waals surface area contributed by atoms with Crippen LogP contribution >= 0.6 is 0 Å². The number of hydrogen-bond acceptors (Lipinski definition) is 3. The molecule has 0 unspecified atom stereocenters. The summed E-state index contributed by atoms with van der Waals surface area (Å²) in [5, 5.41) is 13.1. The highest BCUT2D eigenvalue weighted by Crippen LogP contribution is 2.22. The van der Waals surface area contributed by atoms with Crippen molar-refractivity contribution in [2.75, 3.05) is 38.5 Å². The first-order chi connectivity index (χ1) is 10.7. The van der Waals surface area contributed by atoms with Gasteiger partial charge in [-0.15, -0.1) is 0 Å². The van der Waals surface area contributed by atoms with Gasteiger partial charge in [-0.25, -0.2) is 4.99 Å². The van der Waals surface area contributed by atoms with Crippen LogP contribution in [0.4, 0.5) is 5.69 Å². The molecule has 1 aromatic rings. The molecule has 0 atom stereocenters. The number of benzene rings is 1. The van der Waals surface area contributed by atoms with Crippen molar-refractivity contribution in [2.24, 2.45) is 4.99 Å². The summed E-state index contributed by atoms with van der Waals surface area (Å²) >= 11 is 0. The molecule has 120 valence electrons. The first kappa shape index (κ1) is 15.2. The molecule has 1 heterocycles. The Kier molecular flexibility index (Phi) is 4.83. The average Bonchev–Trinajstić information content (AvgIpc) is 3.00. The van der Waals surface area contributed by atoms with Crippen LogP contribution in [0.25, 0.3) is 0 Å². The average molecular weight is 302 g/mol. The van der Waals surface area contributed by atoms with Crippen molar-refractivity contribution in [2.45, 2.75) is 31.7 Å². The molecule has 0 radical (unpaired) electrons. The van der Waals surface area contributed by atoms with Gasteiger partial charge in [0.2, 0.25) is 0 Å². The maximum absolute atomic E-state index is 9.66. The standard InChI is InChI=1S/C17H26N4O/c1-20-9-11-21(12-10-20)17(18-14-5-2-3-6-14)19-15-7-4-8-16(22)13-15/h4,7-8,13-14,22H,2-3,5-6,9-12H2,1H3,(H,18,19). The van der Waals surface area contributed by atoms with Crippen molar-refractivity contribution < 1.29 is 5.11 Å². The lowest BCUT2D eigenvalue weighted by Crippen LogP contribution is -2.49. The van der Waals surface area contributed by atoms with Gasteiger partial charge in [-0.1, -0.05) is 18.9 Å². The van der Waals surface area contributed by atoms with Crippen LogP contribution in [0.2, 0.25) is 0 Å². The fraction of sp³-hybridized carbons (Fsp3) is 0.588. The number of phenolic OH excluding ortho intramolecular Hbond substituents is 1. The van der Waals surface area contributed by atoms with E-state index in [4.69, 9.17) is 4.99 Å². The molecule has 1 saturated carbocycles. The van der Waals surface area contributed by atoms with Crippen LogP contribution in [0.15, 0.2) is 29.3 Å².